The number of aromatic hydroxyl groups is 1. The average molecular weight is 664 g/mol. The van der Waals surface area contributed by atoms with E-state index in [4.69, 9.17) is 15.2 Å². The summed E-state index contributed by atoms with van der Waals surface area (Å²) in [6.07, 6.45) is 7.98. The number of nitrogens with one attached hydrogen (secondary N) is 3. The van der Waals surface area contributed by atoms with Gasteiger partial charge in [0.2, 0.25) is 0 Å². The van der Waals surface area contributed by atoms with Crippen molar-refractivity contribution in [2.45, 2.75) is 70.9 Å². The Hall–Kier alpha value is -3.67. The molecule has 1 aliphatic rings. The van der Waals surface area contributed by atoms with Gasteiger partial charge in [0, 0.05) is 24.6 Å². The lowest BCUT2D eigenvalue weighted by atomic mass is 9.97. The van der Waals surface area contributed by atoms with E-state index in [1.165, 1.54) is 23.5 Å². The number of rotatable bonds is 21. The van der Waals surface area contributed by atoms with E-state index in [1.54, 1.807) is 31.4 Å². The van der Waals surface area contributed by atoms with E-state index in [0.29, 0.717) is 35.8 Å². The number of Topliss-reactive ketones (excluding diaryl/α,β-unsaturated/α-hetero) is 1. The van der Waals surface area contributed by atoms with Crippen molar-refractivity contribution >= 4 is 11.5 Å². The van der Waals surface area contributed by atoms with Gasteiger partial charge >= 0.3 is 0 Å². The summed E-state index contributed by atoms with van der Waals surface area (Å²) >= 11 is 0. The number of carbonyl (C=O) groups is 1. The number of aryl methyl sites for hydroxylation is 1. The van der Waals surface area contributed by atoms with Crippen molar-refractivity contribution < 1.29 is 24.6 Å². The highest BCUT2D eigenvalue weighted by Gasteiger charge is 2.28. The Labute approximate surface area is 287 Å². The summed E-state index contributed by atoms with van der Waals surface area (Å²) in [6, 6.07) is 20.9. The number of ether oxygens (including phenoxy) is 2. The molecule has 3 aromatic rings. The number of phenolic OH excluding ortho intramolecular Hbond substituents is 1. The summed E-state index contributed by atoms with van der Waals surface area (Å²) in [4.78, 5) is 12.0. The first-order valence-electron chi connectivity index (χ1n) is 17.4. The van der Waals surface area contributed by atoms with Crippen LogP contribution in [-0.4, -0.2) is 75.1 Å². The van der Waals surface area contributed by atoms with Gasteiger partial charge in [0.05, 0.1) is 25.4 Å². The van der Waals surface area contributed by atoms with Crippen LogP contribution in [0.4, 0.5) is 5.69 Å². The molecule has 10 heteroatoms. The van der Waals surface area contributed by atoms with Crippen molar-refractivity contribution in [1.29, 1.82) is 0 Å². The molecule has 0 radical (unpaired) electrons. The average Bonchev–Trinajstić information content (AvgIpc) is 3.10. The molecule has 1 aliphatic heterocycles. The second-order valence-electron chi connectivity index (χ2n) is 12.2. The van der Waals surface area contributed by atoms with Gasteiger partial charge in [0.1, 0.15) is 5.75 Å². The highest BCUT2D eigenvalue weighted by atomic mass is 16.5. The van der Waals surface area contributed by atoms with Gasteiger partial charge in [-0.25, -0.2) is 0 Å². The lowest BCUT2D eigenvalue weighted by Gasteiger charge is -2.30. The standard InChI is InChI=1S/C20H23NO3.C18H34N4O2/c1-15-13-20(22)18-11-10-17(14-19(18)21(15)23)24-12-6-5-9-16-7-3-2-4-8-16;1-24-18-14-16(6-7-17(18)23)15-22-13-5-12-21-10-3-2-9-20-11-4-8-19/h2-4,7-8,10-11,14-15,23H,5-6,9,12-13H2,1H3;6-7,14,20-23H,2-5,8-13,15,19H2,1H3. The fraction of sp³-hybridized carbons (Fsp3) is 0.500. The molecule has 4 rings (SSSR count). The lowest BCUT2D eigenvalue weighted by molar-refractivity contribution is 0.0933. The molecule has 3 aromatic carbocycles. The van der Waals surface area contributed by atoms with E-state index in [2.05, 4.69) is 40.2 Å². The number of nitrogens with two attached hydrogens (primary N) is 1. The third-order valence-electron chi connectivity index (χ3n) is 8.18. The number of hydrogen-bond acceptors (Lipinski definition) is 10. The van der Waals surface area contributed by atoms with Crippen molar-refractivity contribution in [3.8, 4) is 17.2 Å². The van der Waals surface area contributed by atoms with E-state index in [1.807, 2.05) is 25.1 Å². The Balaban J connectivity index is 0.000000260. The number of fused-ring (bicyclic) bond motifs is 1. The predicted octanol–water partition coefficient (Wildman–Crippen LogP) is 5.45. The van der Waals surface area contributed by atoms with Crippen LogP contribution in [0.15, 0.2) is 66.7 Å². The molecule has 48 heavy (non-hydrogen) atoms. The minimum absolute atomic E-state index is 0.0669. The molecule has 10 nitrogen and oxygen atoms in total. The molecule has 1 unspecified atom stereocenters. The predicted molar refractivity (Wildman–Crippen MR) is 194 cm³/mol. The Morgan fingerprint density at radius 1 is 0.833 bits per heavy atom. The quantitative estimate of drug-likeness (QED) is 0.0816. The molecule has 0 spiro atoms. The van der Waals surface area contributed by atoms with Gasteiger partial charge in [-0.3, -0.25) is 15.1 Å². The molecule has 0 saturated heterocycles. The first kappa shape index (κ1) is 38.8. The fourth-order valence-electron chi connectivity index (χ4n) is 5.37. The number of methoxy groups -OCH3 is 1. The molecule has 1 heterocycles. The molecular weight excluding hydrogens is 606 g/mol. The summed E-state index contributed by atoms with van der Waals surface area (Å²) in [5.41, 5.74) is 9.00. The van der Waals surface area contributed by atoms with Gasteiger partial charge in [-0.2, -0.15) is 0 Å². The minimum atomic E-state index is -0.203. The Morgan fingerprint density at radius 2 is 1.54 bits per heavy atom. The molecule has 0 fully saturated rings. The van der Waals surface area contributed by atoms with Gasteiger partial charge in [-0.15, -0.1) is 0 Å². The third kappa shape index (κ3) is 14.2. The van der Waals surface area contributed by atoms with Crippen molar-refractivity contribution in [2.75, 3.05) is 58.0 Å². The van der Waals surface area contributed by atoms with Gasteiger partial charge in [-0.1, -0.05) is 36.4 Å². The van der Waals surface area contributed by atoms with E-state index >= 15 is 0 Å². The van der Waals surface area contributed by atoms with Crippen molar-refractivity contribution in [2.24, 2.45) is 5.73 Å². The molecular formula is C38H57N5O5. The maximum Gasteiger partial charge on any atom is 0.167 e. The summed E-state index contributed by atoms with van der Waals surface area (Å²) in [6.45, 7) is 9.20. The first-order chi connectivity index (χ1) is 23.4. The second kappa shape index (κ2) is 22.8. The van der Waals surface area contributed by atoms with E-state index in [9.17, 15) is 15.1 Å². The van der Waals surface area contributed by atoms with Crippen LogP contribution in [-0.2, 0) is 13.0 Å². The monoisotopic (exact) mass is 663 g/mol. The lowest BCUT2D eigenvalue weighted by Crippen LogP contribution is -2.36. The number of phenols is 1. The van der Waals surface area contributed by atoms with Crippen LogP contribution < -0.4 is 36.2 Å². The number of ketones is 1. The van der Waals surface area contributed by atoms with Crippen molar-refractivity contribution in [3.05, 3.63) is 83.4 Å². The molecule has 7 N–H and O–H groups in total. The summed E-state index contributed by atoms with van der Waals surface area (Å²) in [7, 11) is 1.56. The van der Waals surface area contributed by atoms with E-state index < -0.39 is 0 Å². The molecule has 0 aliphatic carbocycles. The van der Waals surface area contributed by atoms with Crippen LogP contribution in [0.25, 0.3) is 0 Å². The Morgan fingerprint density at radius 3 is 2.27 bits per heavy atom. The number of carbonyl (C=O) groups excluding carboxylic acids is 1. The SMILES string of the molecule is CC1CC(=O)c2ccc(OCCCCc3ccccc3)cc2N1O.COc1cc(CNCCCNCCCCNCCCN)ccc1O. The number of hydrogen-bond donors (Lipinski definition) is 6. The van der Waals surface area contributed by atoms with Gasteiger partial charge in [0.15, 0.2) is 17.3 Å². The molecule has 0 aromatic heterocycles. The van der Waals surface area contributed by atoms with Crippen LogP contribution in [0.2, 0.25) is 0 Å². The maximum atomic E-state index is 12.0. The van der Waals surface area contributed by atoms with E-state index in [0.717, 1.165) is 83.5 Å². The zero-order chi connectivity index (χ0) is 34.4. The Bertz CT molecular complexity index is 1330. The Kier molecular flexibility index (Phi) is 18.4. The summed E-state index contributed by atoms with van der Waals surface area (Å²) in [5, 5.41) is 31.1. The fourth-order valence-corrected chi connectivity index (χ4v) is 5.37. The molecule has 1 atom stereocenters. The second-order valence-corrected chi connectivity index (χ2v) is 12.2. The van der Waals surface area contributed by atoms with Crippen molar-refractivity contribution in [1.82, 2.24) is 16.0 Å². The third-order valence-corrected chi connectivity index (χ3v) is 8.18. The molecule has 0 amide bonds. The van der Waals surface area contributed by atoms with E-state index in [-0.39, 0.29) is 17.6 Å². The minimum Gasteiger partial charge on any atom is -0.504 e. The molecule has 264 valence electrons. The highest BCUT2D eigenvalue weighted by molar-refractivity contribution is 6.03. The molecule has 0 saturated carbocycles. The maximum absolute atomic E-state index is 12.0. The largest absolute Gasteiger partial charge is 0.504 e. The van der Waals surface area contributed by atoms with Gasteiger partial charge in [0.25, 0.3) is 0 Å². The summed E-state index contributed by atoms with van der Waals surface area (Å²) in [5.74, 6) is 1.46. The van der Waals surface area contributed by atoms with Gasteiger partial charge in [-0.05, 0) is 127 Å². The number of hydroxylamine groups is 1. The zero-order valence-corrected chi connectivity index (χ0v) is 28.9. The topological polar surface area (TPSA) is 141 Å². The summed E-state index contributed by atoms with van der Waals surface area (Å²) < 4.78 is 10.9. The smallest absolute Gasteiger partial charge is 0.167 e. The normalized spacial score (nSPS) is 13.9. The number of benzene rings is 3. The van der Waals surface area contributed by atoms with Gasteiger partial charge < -0.3 is 36.3 Å². The number of unbranched alkanes of at least 4 members (excludes halogenated alkanes) is 2. The highest BCUT2D eigenvalue weighted by Crippen LogP contribution is 2.32. The van der Waals surface area contributed by atoms with Crippen molar-refractivity contribution in [3.63, 3.8) is 0 Å². The number of nitrogens with zero attached hydrogens (tertiary/aromatic N) is 1. The van der Waals surface area contributed by atoms with Crippen LogP contribution >= 0.6 is 0 Å². The van der Waals surface area contributed by atoms with Crippen LogP contribution in [0, 0.1) is 0 Å². The first-order valence-corrected chi connectivity index (χ1v) is 17.4. The van der Waals surface area contributed by atoms with Crippen LogP contribution in [0.3, 0.4) is 0 Å². The van der Waals surface area contributed by atoms with Crippen LogP contribution in [0.5, 0.6) is 17.2 Å². The zero-order valence-electron chi connectivity index (χ0n) is 28.9. The number of anilines is 1. The molecule has 0 bridgehead atoms. The van der Waals surface area contributed by atoms with Crippen LogP contribution in [0.1, 0.15) is 73.4 Å².